The summed E-state index contributed by atoms with van der Waals surface area (Å²) >= 11 is 0. The molecule has 2 aromatic carbocycles. The van der Waals surface area contributed by atoms with Crippen LogP contribution in [0.25, 0.3) is 22.2 Å². The minimum Gasteiger partial charge on any atom is -0.446 e. The van der Waals surface area contributed by atoms with Crippen molar-refractivity contribution in [3.8, 4) is 11.3 Å². The van der Waals surface area contributed by atoms with Crippen molar-refractivity contribution >= 4 is 34.3 Å². The standard InChI is InChI=1S/C29H34N4O4/c1-18(19-5-6-19)37-29(35)31-22-10-7-20(8-11-22)27-26(30)24-12-9-21(28(34)32-13-15-36-16-14-32)17-25(24)33(27)23-3-2-4-23/h7-12,17-19,23H,2-6,13-16,30H2,1H3,(H,31,35)/t18-/m1/s1. The van der Waals surface area contributed by atoms with Crippen LogP contribution in [0.2, 0.25) is 0 Å². The Morgan fingerprint density at radius 2 is 1.78 bits per heavy atom. The average molecular weight is 503 g/mol. The first-order chi connectivity index (χ1) is 18.0. The number of hydrogen-bond acceptors (Lipinski definition) is 5. The summed E-state index contributed by atoms with van der Waals surface area (Å²) in [4.78, 5) is 27.3. The van der Waals surface area contributed by atoms with Gasteiger partial charge in [0.15, 0.2) is 0 Å². The molecule has 2 heterocycles. The Hall–Kier alpha value is -3.52. The zero-order valence-corrected chi connectivity index (χ0v) is 21.2. The third-order valence-electron chi connectivity index (χ3n) is 8.01. The number of ether oxygens (including phenoxy) is 2. The van der Waals surface area contributed by atoms with Gasteiger partial charge in [0.25, 0.3) is 5.91 Å². The summed E-state index contributed by atoms with van der Waals surface area (Å²) in [7, 11) is 0. The quantitative estimate of drug-likeness (QED) is 0.468. The number of nitrogen functional groups attached to an aromatic ring is 1. The molecule has 3 fully saturated rings. The topological polar surface area (TPSA) is 98.8 Å². The Morgan fingerprint density at radius 1 is 1.05 bits per heavy atom. The zero-order valence-electron chi connectivity index (χ0n) is 21.2. The highest BCUT2D eigenvalue weighted by molar-refractivity contribution is 6.05. The van der Waals surface area contributed by atoms with Crippen LogP contribution in [0.15, 0.2) is 42.5 Å². The maximum absolute atomic E-state index is 13.2. The Balaban J connectivity index is 1.30. The van der Waals surface area contributed by atoms with Crippen LogP contribution in [0.3, 0.4) is 0 Å². The van der Waals surface area contributed by atoms with Crippen molar-refractivity contribution in [1.82, 2.24) is 9.47 Å². The molecule has 8 nitrogen and oxygen atoms in total. The molecule has 2 amide bonds. The predicted octanol–water partition coefficient (Wildman–Crippen LogP) is 5.43. The number of nitrogens with zero attached hydrogens (tertiary/aromatic N) is 2. The van der Waals surface area contributed by atoms with Crippen molar-refractivity contribution in [2.75, 3.05) is 37.4 Å². The first kappa shape index (κ1) is 23.9. The summed E-state index contributed by atoms with van der Waals surface area (Å²) in [6.45, 7) is 4.32. The average Bonchev–Trinajstić information content (AvgIpc) is 3.70. The third kappa shape index (κ3) is 4.66. The fourth-order valence-corrected chi connectivity index (χ4v) is 5.43. The minimum absolute atomic E-state index is 0.0324. The van der Waals surface area contributed by atoms with Crippen LogP contribution in [-0.4, -0.2) is 53.9 Å². The summed E-state index contributed by atoms with van der Waals surface area (Å²) in [6, 6.07) is 13.9. The molecule has 3 aliphatic rings. The van der Waals surface area contributed by atoms with E-state index in [1.807, 2.05) is 54.3 Å². The number of hydrogen-bond donors (Lipinski definition) is 2. The molecular weight excluding hydrogens is 468 g/mol. The van der Waals surface area contributed by atoms with E-state index in [2.05, 4.69) is 9.88 Å². The predicted molar refractivity (Wildman–Crippen MR) is 144 cm³/mol. The number of morpholine rings is 1. The van der Waals surface area contributed by atoms with Gasteiger partial charge in [-0.05, 0) is 75.3 Å². The molecule has 0 radical (unpaired) electrons. The molecule has 1 atom stereocenters. The Bertz CT molecular complexity index is 1320. The zero-order chi connectivity index (χ0) is 25.5. The number of nitrogens with two attached hydrogens (primary N) is 1. The summed E-state index contributed by atoms with van der Waals surface area (Å²) in [6.07, 6.45) is 5.13. The van der Waals surface area contributed by atoms with E-state index in [4.69, 9.17) is 15.2 Å². The molecule has 3 aromatic rings. The largest absolute Gasteiger partial charge is 0.446 e. The molecule has 1 aliphatic heterocycles. The van der Waals surface area contributed by atoms with Crippen molar-refractivity contribution < 1.29 is 19.1 Å². The van der Waals surface area contributed by atoms with Crippen molar-refractivity contribution in [1.29, 1.82) is 0 Å². The van der Waals surface area contributed by atoms with Crippen LogP contribution in [0.4, 0.5) is 16.2 Å². The maximum Gasteiger partial charge on any atom is 0.411 e. The van der Waals surface area contributed by atoms with Gasteiger partial charge in [-0.2, -0.15) is 0 Å². The normalized spacial score (nSPS) is 18.9. The summed E-state index contributed by atoms with van der Waals surface area (Å²) in [5.74, 6) is 0.527. The fraction of sp³-hybridized carbons (Fsp3) is 0.448. The first-order valence-electron chi connectivity index (χ1n) is 13.4. The number of amides is 2. The van der Waals surface area contributed by atoms with E-state index in [0.717, 1.165) is 47.8 Å². The number of carbonyl (C=O) groups excluding carboxylic acids is 2. The lowest BCUT2D eigenvalue weighted by molar-refractivity contribution is 0.0303. The molecular formula is C29H34N4O4. The van der Waals surface area contributed by atoms with E-state index in [-0.39, 0.29) is 12.0 Å². The van der Waals surface area contributed by atoms with Gasteiger partial charge in [0.2, 0.25) is 0 Å². The smallest absolute Gasteiger partial charge is 0.411 e. The van der Waals surface area contributed by atoms with Gasteiger partial charge in [-0.1, -0.05) is 12.1 Å². The molecule has 2 aliphatic carbocycles. The van der Waals surface area contributed by atoms with Gasteiger partial charge < -0.3 is 24.7 Å². The molecule has 1 saturated heterocycles. The molecule has 6 rings (SSSR count). The van der Waals surface area contributed by atoms with Crippen LogP contribution in [0.1, 0.15) is 55.4 Å². The van der Waals surface area contributed by atoms with E-state index in [9.17, 15) is 9.59 Å². The highest BCUT2D eigenvalue weighted by Gasteiger charge is 2.31. The summed E-state index contributed by atoms with van der Waals surface area (Å²) in [5.41, 5.74) is 11.8. The molecule has 0 bridgehead atoms. The number of fused-ring (bicyclic) bond motifs is 1. The van der Waals surface area contributed by atoms with Crippen LogP contribution in [-0.2, 0) is 9.47 Å². The van der Waals surface area contributed by atoms with Crippen LogP contribution in [0.5, 0.6) is 0 Å². The lowest BCUT2D eigenvalue weighted by Crippen LogP contribution is -2.40. The molecule has 2 saturated carbocycles. The molecule has 0 unspecified atom stereocenters. The Morgan fingerprint density at radius 3 is 2.43 bits per heavy atom. The Labute approximate surface area is 216 Å². The van der Waals surface area contributed by atoms with Gasteiger partial charge in [-0.25, -0.2) is 4.79 Å². The molecule has 3 N–H and O–H groups in total. The lowest BCUT2D eigenvalue weighted by atomic mass is 9.92. The van der Waals surface area contributed by atoms with Crippen molar-refractivity contribution in [3.63, 3.8) is 0 Å². The van der Waals surface area contributed by atoms with Gasteiger partial charge in [-0.3, -0.25) is 10.1 Å². The van der Waals surface area contributed by atoms with E-state index in [1.54, 1.807) is 0 Å². The van der Waals surface area contributed by atoms with Gasteiger partial charge in [-0.15, -0.1) is 0 Å². The third-order valence-corrected chi connectivity index (χ3v) is 8.01. The monoisotopic (exact) mass is 502 g/mol. The number of nitrogens with one attached hydrogen (secondary N) is 1. The van der Waals surface area contributed by atoms with E-state index >= 15 is 0 Å². The second-order valence-corrected chi connectivity index (χ2v) is 10.5. The van der Waals surface area contributed by atoms with Crippen LogP contribution in [0, 0.1) is 5.92 Å². The summed E-state index contributed by atoms with van der Waals surface area (Å²) in [5, 5.41) is 3.79. The van der Waals surface area contributed by atoms with Crippen LogP contribution < -0.4 is 11.1 Å². The number of benzene rings is 2. The fourth-order valence-electron chi connectivity index (χ4n) is 5.43. The molecule has 0 spiro atoms. The van der Waals surface area contributed by atoms with Crippen LogP contribution >= 0.6 is 0 Å². The Kier molecular flexibility index (Phi) is 6.28. The second kappa shape index (κ2) is 9.74. The molecule has 37 heavy (non-hydrogen) atoms. The SMILES string of the molecule is C[C@@H](OC(=O)Nc1ccc(-c2c(N)c3ccc(C(=O)N4CCOCC4)cc3n2C2CCC2)cc1)C1CC1. The van der Waals surface area contributed by atoms with Gasteiger partial charge >= 0.3 is 6.09 Å². The molecule has 194 valence electrons. The van der Waals surface area contributed by atoms with Gasteiger partial charge in [0.05, 0.1) is 30.1 Å². The minimum atomic E-state index is -0.423. The highest BCUT2D eigenvalue weighted by Crippen LogP contribution is 2.44. The molecule has 8 heteroatoms. The van der Waals surface area contributed by atoms with E-state index < -0.39 is 6.09 Å². The number of carbonyl (C=O) groups is 2. The van der Waals surface area contributed by atoms with E-state index in [1.165, 1.54) is 6.42 Å². The lowest BCUT2D eigenvalue weighted by Gasteiger charge is -2.30. The number of aromatic nitrogens is 1. The van der Waals surface area contributed by atoms with Crippen molar-refractivity contribution in [2.24, 2.45) is 5.92 Å². The van der Waals surface area contributed by atoms with E-state index in [0.29, 0.717) is 55.2 Å². The molecule has 1 aromatic heterocycles. The summed E-state index contributed by atoms with van der Waals surface area (Å²) < 4.78 is 13.2. The number of rotatable bonds is 6. The first-order valence-corrected chi connectivity index (χ1v) is 13.4. The number of anilines is 2. The van der Waals surface area contributed by atoms with Gasteiger partial charge in [0.1, 0.15) is 6.10 Å². The van der Waals surface area contributed by atoms with Crippen molar-refractivity contribution in [3.05, 3.63) is 48.0 Å². The van der Waals surface area contributed by atoms with Crippen molar-refractivity contribution in [2.45, 2.75) is 51.2 Å². The maximum atomic E-state index is 13.2. The second-order valence-electron chi connectivity index (χ2n) is 10.5. The van der Waals surface area contributed by atoms with Gasteiger partial charge in [0, 0.05) is 41.3 Å². The highest BCUT2D eigenvalue weighted by atomic mass is 16.6.